The van der Waals surface area contributed by atoms with Gasteiger partial charge in [-0.1, -0.05) is 19.1 Å². The van der Waals surface area contributed by atoms with E-state index in [1.807, 2.05) is 6.07 Å². The molecular weight excluding hydrogens is 248 g/mol. The Morgan fingerprint density at radius 2 is 1.85 bits per heavy atom. The van der Waals surface area contributed by atoms with Crippen molar-refractivity contribution in [1.82, 2.24) is 9.97 Å². The molecule has 2 aromatic rings. The van der Waals surface area contributed by atoms with Gasteiger partial charge in [-0.15, -0.1) is 0 Å². The summed E-state index contributed by atoms with van der Waals surface area (Å²) in [7, 11) is 0. The van der Waals surface area contributed by atoms with Crippen LogP contribution in [0.15, 0.2) is 30.6 Å². The van der Waals surface area contributed by atoms with Crippen LogP contribution in [-0.4, -0.2) is 16.0 Å². The maximum Gasteiger partial charge on any atom is 0.135 e. The fourth-order valence-corrected chi connectivity index (χ4v) is 1.87. The number of anilines is 3. The van der Waals surface area contributed by atoms with Crippen LogP contribution in [0.1, 0.15) is 31.4 Å². The molecule has 0 fully saturated rings. The molecule has 0 saturated carbocycles. The molecule has 0 bridgehead atoms. The number of aryl methyl sites for hydroxylation is 2. The smallest absolute Gasteiger partial charge is 0.135 e. The largest absolute Gasteiger partial charge is 0.367 e. The summed E-state index contributed by atoms with van der Waals surface area (Å²) in [6.07, 6.45) is 2.64. The first kappa shape index (κ1) is 14.3. The van der Waals surface area contributed by atoms with Crippen LogP contribution in [0.25, 0.3) is 0 Å². The molecule has 1 aromatic carbocycles. The first-order valence-electron chi connectivity index (χ1n) is 7.01. The summed E-state index contributed by atoms with van der Waals surface area (Å²) in [5.74, 6) is 1.65. The van der Waals surface area contributed by atoms with Crippen LogP contribution in [0.5, 0.6) is 0 Å². The van der Waals surface area contributed by atoms with Crippen molar-refractivity contribution in [1.29, 1.82) is 0 Å². The van der Waals surface area contributed by atoms with E-state index < -0.39 is 0 Å². The highest BCUT2D eigenvalue weighted by Crippen LogP contribution is 2.21. The third-order valence-corrected chi connectivity index (χ3v) is 3.33. The first-order valence-corrected chi connectivity index (χ1v) is 7.01. The Balaban J connectivity index is 2.17. The van der Waals surface area contributed by atoms with Gasteiger partial charge in [-0.2, -0.15) is 0 Å². The Morgan fingerprint density at radius 3 is 2.60 bits per heavy atom. The van der Waals surface area contributed by atoms with Gasteiger partial charge in [0, 0.05) is 17.8 Å². The molecule has 0 spiro atoms. The quantitative estimate of drug-likeness (QED) is 0.860. The average molecular weight is 270 g/mol. The van der Waals surface area contributed by atoms with Crippen LogP contribution in [0.3, 0.4) is 0 Å². The van der Waals surface area contributed by atoms with Gasteiger partial charge in [0.05, 0.1) is 0 Å². The second-order valence-corrected chi connectivity index (χ2v) is 5.19. The molecule has 1 atom stereocenters. The second kappa shape index (κ2) is 6.37. The van der Waals surface area contributed by atoms with E-state index in [2.05, 4.69) is 66.5 Å². The van der Waals surface area contributed by atoms with E-state index in [4.69, 9.17) is 0 Å². The van der Waals surface area contributed by atoms with Crippen LogP contribution in [0.4, 0.5) is 17.3 Å². The molecule has 0 aliphatic carbocycles. The standard InChI is InChI=1S/C16H22N4/c1-5-13(4)19-15-9-16(18-10-17-15)20-14-8-11(2)6-7-12(14)3/h6-10,13H,5H2,1-4H3,(H2,17,18,19,20). The molecule has 1 aromatic heterocycles. The summed E-state index contributed by atoms with van der Waals surface area (Å²) in [6, 6.07) is 8.68. The van der Waals surface area contributed by atoms with Gasteiger partial charge in [-0.05, 0) is 44.4 Å². The third kappa shape index (κ3) is 3.70. The van der Waals surface area contributed by atoms with Crippen molar-refractivity contribution in [2.24, 2.45) is 0 Å². The summed E-state index contributed by atoms with van der Waals surface area (Å²) in [6.45, 7) is 8.45. The van der Waals surface area contributed by atoms with E-state index in [1.54, 1.807) is 6.33 Å². The number of rotatable bonds is 5. The van der Waals surface area contributed by atoms with Crippen LogP contribution >= 0.6 is 0 Å². The summed E-state index contributed by atoms with van der Waals surface area (Å²) < 4.78 is 0. The summed E-state index contributed by atoms with van der Waals surface area (Å²) in [5.41, 5.74) is 3.51. The third-order valence-electron chi connectivity index (χ3n) is 3.33. The molecule has 4 nitrogen and oxygen atoms in total. The predicted molar refractivity (Wildman–Crippen MR) is 84.6 cm³/mol. The minimum Gasteiger partial charge on any atom is -0.367 e. The van der Waals surface area contributed by atoms with Crippen LogP contribution in [0, 0.1) is 13.8 Å². The van der Waals surface area contributed by atoms with Gasteiger partial charge in [-0.3, -0.25) is 0 Å². The fraction of sp³-hybridized carbons (Fsp3) is 0.375. The topological polar surface area (TPSA) is 49.8 Å². The molecule has 0 aliphatic rings. The Kier molecular flexibility index (Phi) is 4.56. The first-order chi connectivity index (χ1) is 9.58. The lowest BCUT2D eigenvalue weighted by atomic mass is 10.1. The number of nitrogens with one attached hydrogen (secondary N) is 2. The van der Waals surface area contributed by atoms with E-state index in [0.717, 1.165) is 23.7 Å². The zero-order chi connectivity index (χ0) is 14.5. The second-order valence-electron chi connectivity index (χ2n) is 5.19. The van der Waals surface area contributed by atoms with Crippen molar-refractivity contribution in [3.63, 3.8) is 0 Å². The molecule has 1 unspecified atom stereocenters. The zero-order valence-corrected chi connectivity index (χ0v) is 12.6. The molecule has 4 heteroatoms. The molecule has 0 saturated heterocycles. The Bertz CT molecular complexity index is 580. The van der Waals surface area contributed by atoms with E-state index in [-0.39, 0.29) is 0 Å². The molecule has 0 amide bonds. The number of benzene rings is 1. The van der Waals surface area contributed by atoms with Gasteiger partial charge in [0.25, 0.3) is 0 Å². The zero-order valence-electron chi connectivity index (χ0n) is 12.6. The lowest BCUT2D eigenvalue weighted by Crippen LogP contribution is -2.14. The molecule has 2 rings (SSSR count). The molecule has 106 valence electrons. The van der Waals surface area contributed by atoms with Gasteiger partial charge in [0.15, 0.2) is 0 Å². The maximum atomic E-state index is 4.28. The highest BCUT2D eigenvalue weighted by atomic mass is 15.1. The maximum absolute atomic E-state index is 4.28. The highest BCUT2D eigenvalue weighted by Gasteiger charge is 2.04. The SMILES string of the molecule is CCC(C)Nc1cc(Nc2cc(C)ccc2C)ncn1. The monoisotopic (exact) mass is 270 g/mol. The van der Waals surface area contributed by atoms with E-state index in [0.29, 0.717) is 6.04 Å². The van der Waals surface area contributed by atoms with Crippen molar-refractivity contribution in [2.45, 2.75) is 40.2 Å². The molecule has 1 heterocycles. The van der Waals surface area contributed by atoms with Crippen molar-refractivity contribution in [3.8, 4) is 0 Å². The predicted octanol–water partition coefficient (Wildman–Crippen LogP) is 4.05. The summed E-state index contributed by atoms with van der Waals surface area (Å²) >= 11 is 0. The molecule has 0 radical (unpaired) electrons. The van der Waals surface area contributed by atoms with Crippen molar-refractivity contribution < 1.29 is 0 Å². The van der Waals surface area contributed by atoms with Crippen LogP contribution in [-0.2, 0) is 0 Å². The average Bonchev–Trinajstić information content (AvgIpc) is 2.43. The molecule has 2 N–H and O–H groups in total. The van der Waals surface area contributed by atoms with Crippen molar-refractivity contribution in [2.75, 3.05) is 10.6 Å². The lowest BCUT2D eigenvalue weighted by molar-refractivity contribution is 0.758. The lowest BCUT2D eigenvalue weighted by Gasteiger charge is -2.14. The van der Waals surface area contributed by atoms with Gasteiger partial charge >= 0.3 is 0 Å². The summed E-state index contributed by atoms with van der Waals surface area (Å²) in [5, 5.41) is 6.71. The molecule has 20 heavy (non-hydrogen) atoms. The minimum atomic E-state index is 0.401. The summed E-state index contributed by atoms with van der Waals surface area (Å²) in [4.78, 5) is 8.52. The number of hydrogen-bond donors (Lipinski definition) is 2. The van der Waals surface area contributed by atoms with Crippen molar-refractivity contribution >= 4 is 17.3 Å². The Hall–Kier alpha value is -2.10. The van der Waals surface area contributed by atoms with E-state index in [9.17, 15) is 0 Å². The van der Waals surface area contributed by atoms with E-state index >= 15 is 0 Å². The molecule has 0 aliphatic heterocycles. The van der Waals surface area contributed by atoms with Gasteiger partial charge in [-0.25, -0.2) is 9.97 Å². The van der Waals surface area contributed by atoms with Crippen LogP contribution < -0.4 is 10.6 Å². The highest BCUT2D eigenvalue weighted by molar-refractivity contribution is 5.63. The Morgan fingerprint density at radius 1 is 1.10 bits per heavy atom. The number of hydrogen-bond acceptors (Lipinski definition) is 4. The number of aromatic nitrogens is 2. The fourth-order valence-electron chi connectivity index (χ4n) is 1.87. The molecular formula is C16H22N4. The Labute approximate surface area is 120 Å². The normalized spacial score (nSPS) is 12.0. The van der Waals surface area contributed by atoms with Gasteiger partial charge in [0.2, 0.25) is 0 Å². The minimum absolute atomic E-state index is 0.401. The van der Waals surface area contributed by atoms with Crippen LogP contribution in [0.2, 0.25) is 0 Å². The number of nitrogens with zero attached hydrogens (tertiary/aromatic N) is 2. The van der Waals surface area contributed by atoms with Gasteiger partial charge in [0.1, 0.15) is 18.0 Å². The van der Waals surface area contributed by atoms with Crippen molar-refractivity contribution in [3.05, 3.63) is 41.7 Å². The van der Waals surface area contributed by atoms with Gasteiger partial charge < -0.3 is 10.6 Å². The van der Waals surface area contributed by atoms with E-state index in [1.165, 1.54) is 11.1 Å².